The minimum absolute atomic E-state index is 0.131. The van der Waals surface area contributed by atoms with Crippen molar-refractivity contribution < 1.29 is 14.7 Å². The summed E-state index contributed by atoms with van der Waals surface area (Å²) in [5, 5.41) is 11.9. The SMILES string of the molecule is CCCC1CC(C(=O)NC(CC(=O)O)c2ccccc2)NN1. The lowest BCUT2D eigenvalue weighted by Gasteiger charge is -2.19. The molecule has 4 N–H and O–H groups in total. The van der Waals surface area contributed by atoms with Gasteiger partial charge < -0.3 is 10.4 Å². The van der Waals surface area contributed by atoms with Crippen molar-refractivity contribution in [1.29, 1.82) is 0 Å². The number of amides is 1. The van der Waals surface area contributed by atoms with Crippen molar-refractivity contribution in [2.75, 3.05) is 0 Å². The first-order valence-corrected chi connectivity index (χ1v) is 7.68. The van der Waals surface area contributed by atoms with E-state index < -0.39 is 12.0 Å². The molecule has 1 aromatic carbocycles. The van der Waals surface area contributed by atoms with Crippen LogP contribution in [0.3, 0.4) is 0 Å². The maximum Gasteiger partial charge on any atom is 0.305 e. The van der Waals surface area contributed by atoms with E-state index in [0.717, 1.165) is 18.4 Å². The Labute approximate surface area is 130 Å². The lowest BCUT2D eigenvalue weighted by molar-refractivity contribution is -0.137. The molecule has 1 amide bonds. The van der Waals surface area contributed by atoms with Crippen LogP contribution in [0.15, 0.2) is 30.3 Å². The Morgan fingerprint density at radius 3 is 2.68 bits per heavy atom. The van der Waals surface area contributed by atoms with Crippen molar-refractivity contribution >= 4 is 11.9 Å². The number of nitrogens with one attached hydrogen (secondary N) is 3. The van der Waals surface area contributed by atoms with Crippen molar-refractivity contribution in [3.63, 3.8) is 0 Å². The first-order chi connectivity index (χ1) is 10.6. The maximum atomic E-state index is 12.4. The van der Waals surface area contributed by atoms with Crippen LogP contribution < -0.4 is 16.2 Å². The van der Waals surface area contributed by atoms with E-state index in [0.29, 0.717) is 6.42 Å². The average molecular weight is 305 g/mol. The second kappa shape index (κ2) is 7.91. The third kappa shape index (κ3) is 4.54. The number of benzene rings is 1. The maximum absolute atomic E-state index is 12.4. The molecule has 0 bridgehead atoms. The van der Waals surface area contributed by atoms with E-state index in [4.69, 9.17) is 5.11 Å². The number of hydrogen-bond acceptors (Lipinski definition) is 4. The third-order valence-corrected chi connectivity index (χ3v) is 3.83. The Morgan fingerprint density at radius 1 is 1.32 bits per heavy atom. The van der Waals surface area contributed by atoms with Crippen LogP contribution in [0.2, 0.25) is 0 Å². The van der Waals surface area contributed by atoms with Crippen LogP contribution in [-0.4, -0.2) is 29.1 Å². The molecular formula is C16H23N3O3. The molecule has 1 fully saturated rings. The summed E-state index contributed by atoms with van der Waals surface area (Å²) in [6.45, 7) is 2.10. The zero-order valence-electron chi connectivity index (χ0n) is 12.7. The van der Waals surface area contributed by atoms with Gasteiger partial charge in [0.2, 0.25) is 5.91 Å². The molecule has 0 radical (unpaired) electrons. The second-order valence-corrected chi connectivity index (χ2v) is 5.63. The van der Waals surface area contributed by atoms with E-state index in [1.165, 1.54) is 0 Å². The highest BCUT2D eigenvalue weighted by Gasteiger charge is 2.30. The van der Waals surface area contributed by atoms with Crippen molar-refractivity contribution in [2.24, 2.45) is 0 Å². The monoisotopic (exact) mass is 305 g/mol. The summed E-state index contributed by atoms with van der Waals surface area (Å²) in [6.07, 6.45) is 2.65. The number of carboxylic acids is 1. The van der Waals surface area contributed by atoms with Crippen molar-refractivity contribution in [3.8, 4) is 0 Å². The molecule has 6 nitrogen and oxygen atoms in total. The normalized spacial score (nSPS) is 22.2. The summed E-state index contributed by atoms with van der Waals surface area (Å²) < 4.78 is 0. The Morgan fingerprint density at radius 2 is 2.05 bits per heavy atom. The van der Waals surface area contributed by atoms with Crippen LogP contribution in [0.4, 0.5) is 0 Å². The molecule has 1 aliphatic rings. The van der Waals surface area contributed by atoms with Gasteiger partial charge in [0.25, 0.3) is 0 Å². The first-order valence-electron chi connectivity index (χ1n) is 7.68. The van der Waals surface area contributed by atoms with Gasteiger partial charge in [0, 0.05) is 6.04 Å². The van der Waals surface area contributed by atoms with E-state index in [1.807, 2.05) is 30.3 Å². The summed E-state index contributed by atoms with van der Waals surface area (Å²) in [6, 6.07) is 8.64. The van der Waals surface area contributed by atoms with E-state index in [2.05, 4.69) is 23.1 Å². The van der Waals surface area contributed by atoms with Crippen LogP contribution in [0.1, 0.15) is 44.2 Å². The van der Waals surface area contributed by atoms with Gasteiger partial charge in [-0.1, -0.05) is 43.7 Å². The number of hydrogen-bond donors (Lipinski definition) is 4. The van der Waals surface area contributed by atoms with Gasteiger partial charge in [-0.25, -0.2) is 5.43 Å². The van der Waals surface area contributed by atoms with E-state index in [1.54, 1.807) is 0 Å². The number of rotatable bonds is 7. The first kappa shape index (κ1) is 16.5. The number of carbonyl (C=O) groups is 2. The molecular weight excluding hydrogens is 282 g/mol. The molecule has 22 heavy (non-hydrogen) atoms. The highest BCUT2D eigenvalue weighted by Crippen LogP contribution is 2.18. The summed E-state index contributed by atoms with van der Waals surface area (Å²) in [5.41, 5.74) is 6.91. The van der Waals surface area contributed by atoms with Gasteiger partial charge in [0.15, 0.2) is 0 Å². The lowest BCUT2D eigenvalue weighted by atomic mass is 10.0. The highest BCUT2D eigenvalue weighted by atomic mass is 16.4. The molecule has 1 aromatic rings. The summed E-state index contributed by atoms with van der Waals surface area (Å²) >= 11 is 0. The van der Waals surface area contributed by atoms with Gasteiger partial charge >= 0.3 is 5.97 Å². The van der Waals surface area contributed by atoms with Gasteiger partial charge in [-0.3, -0.25) is 15.0 Å². The summed E-state index contributed by atoms with van der Waals surface area (Å²) in [5.74, 6) is -1.10. The molecule has 3 unspecified atom stereocenters. The van der Waals surface area contributed by atoms with Crippen LogP contribution >= 0.6 is 0 Å². The van der Waals surface area contributed by atoms with Crippen molar-refractivity contribution in [1.82, 2.24) is 16.2 Å². The van der Waals surface area contributed by atoms with Gasteiger partial charge in [-0.2, -0.15) is 0 Å². The number of carbonyl (C=O) groups excluding carboxylic acids is 1. The fraction of sp³-hybridized carbons (Fsp3) is 0.500. The van der Waals surface area contributed by atoms with Crippen molar-refractivity contribution in [2.45, 2.75) is 50.7 Å². The number of hydrazine groups is 1. The molecule has 6 heteroatoms. The smallest absolute Gasteiger partial charge is 0.305 e. The fourth-order valence-corrected chi connectivity index (χ4v) is 2.72. The van der Waals surface area contributed by atoms with E-state index in [9.17, 15) is 9.59 Å². The van der Waals surface area contributed by atoms with Crippen LogP contribution in [-0.2, 0) is 9.59 Å². The van der Waals surface area contributed by atoms with Crippen LogP contribution in [0.5, 0.6) is 0 Å². The minimum atomic E-state index is -0.935. The molecule has 120 valence electrons. The number of aliphatic carboxylic acids is 1. The predicted octanol–water partition coefficient (Wildman–Crippen LogP) is 1.35. The average Bonchev–Trinajstić information content (AvgIpc) is 2.96. The Hall–Kier alpha value is -1.92. The second-order valence-electron chi connectivity index (χ2n) is 5.63. The zero-order chi connectivity index (χ0) is 15.9. The minimum Gasteiger partial charge on any atom is -0.481 e. The predicted molar refractivity (Wildman–Crippen MR) is 83.0 cm³/mol. The van der Waals surface area contributed by atoms with Gasteiger partial charge in [-0.05, 0) is 18.4 Å². The molecule has 1 saturated heterocycles. The largest absolute Gasteiger partial charge is 0.481 e. The van der Waals surface area contributed by atoms with E-state index >= 15 is 0 Å². The molecule has 3 atom stereocenters. The van der Waals surface area contributed by atoms with Crippen LogP contribution in [0, 0.1) is 0 Å². The quantitative estimate of drug-likeness (QED) is 0.610. The molecule has 0 saturated carbocycles. The number of carboxylic acid groups (broad SMARTS) is 1. The van der Waals surface area contributed by atoms with Crippen LogP contribution in [0.25, 0.3) is 0 Å². The third-order valence-electron chi connectivity index (χ3n) is 3.83. The standard InChI is InChI=1S/C16H23N3O3/c1-2-6-12-9-14(19-18-12)16(22)17-13(10-15(20)21)11-7-4-3-5-8-11/h3-5,7-8,12-14,18-19H,2,6,9-10H2,1H3,(H,17,22)(H,20,21). The van der Waals surface area contributed by atoms with Gasteiger partial charge in [0.05, 0.1) is 12.5 Å². The van der Waals surface area contributed by atoms with Crippen molar-refractivity contribution in [3.05, 3.63) is 35.9 Å². The Kier molecular flexibility index (Phi) is 5.91. The summed E-state index contributed by atoms with van der Waals surface area (Å²) in [4.78, 5) is 23.4. The fourth-order valence-electron chi connectivity index (χ4n) is 2.72. The van der Waals surface area contributed by atoms with Gasteiger partial charge in [-0.15, -0.1) is 0 Å². The Balaban J connectivity index is 1.98. The topological polar surface area (TPSA) is 90.5 Å². The highest BCUT2D eigenvalue weighted by molar-refractivity contribution is 5.83. The summed E-state index contributed by atoms with van der Waals surface area (Å²) in [7, 11) is 0. The Bertz CT molecular complexity index is 507. The molecule has 1 aliphatic heterocycles. The molecule has 1 heterocycles. The molecule has 2 rings (SSSR count). The molecule has 0 spiro atoms. The molecule has 0 aliphatic carbocycles. The zero-order valence-corrected chi connectivity index (χ0v) is 12.7. The molecule has 0 aromatic heterocycles. The van der Waals surface area contributed by atoms with Gasteiger partial charge in [0.1, 0.15) is 6.04 Å². The van der Waals surface area contributed by atoms with E-state index in [-0.39, 0.29) is 24.4 Å². The lowest BCUT2D eigenvalue weighted by Crippen LogP contribution is -2.44.